The average Bonchev–Trinajstić information content (AvgIpc) is 2.32. The molecule has 92 valence electrons. The summed E-state index contributed by atoms with van der Waals surface area (Å²) in [6.07, 6.45) is 1.50. The van der Waals surface area contributed by atoms with Crippen LogP contribution in [-0.4, -0.2) is 26.7 Å². The summed E-state index contributed by atoms with van der Waals surface area (Å²) in [5.74, 6) is 0.181. The number of fused-ring (bicyclic) bond motifs is 1. The van der Waals surface area contributed by atoms with Crippen LogP contribution in [0.3, 0.4) is 0 Å². The molecule has 1 atom stereocenters. The van der Waals surface area contributed by atoms with Crippen molar-refractivity contribution < 1.29 is 9.53 Å². The smallest absolute Gasteiger partial charge is 0.306 e. The van der Waals surface area contributed by atoms with Gasteiger partial charge in [0.1, 0.15) is 0 Å². The van der Waals surface area contributed by atoms with Crippen molar-refractivity contribution in [2.45, 2.75) is 25.7 Å². The number of methoxy groups -OCH3 is 1. The van der Waals surface area contributed by atoms with E-state index in [0.29, 0.717) is 12.3 Å². The van der Waals surface area contributed by atoms with Gasteiger partial charge in [0, 0.05) is 19.3 Å². The minimum atomic E-state index is -0.119. The maximum absolute atomic E-state index is 11.4. The van der Waals surface area contributed by atoms with Gasteiger partial charge in [-0.05, 0) is 30.9 Å². The molecule has 0 saturated heterocycles. The number of anilines is 1. The number of hydrogen-bond acceptors (Lipinski definition) is 3. The Morgan fingerprint density at radius 1 is 1.53 bits per heavy atom. The quantitative estimate of drug-likeness (QED) is 0.735. The summed E-state index contributed by atoms with van der Waals surface area (Å²) < 4.78 is 4.77. The van der Waals surface area contributed by atoms with E-state index in [1.807, 2.05) is 0 Å². The zero-order valence-corrected chi connectivity index (χ0v) is 10.7. The molecule has 3 heteroatoms. The molecule has 0 amide bonds. The largest absolute Gasteiger partial charge is 0.469 e. The SMILES string of the molecule is COC(=O)CC1CCN(C)c2ccc(C)cc21. The predicted molar refractivity (Wildman–Crippen MR) is 68.4 cm³/mol. The lowest BCUT2D eigenvalue weighted by Crippen LogP contribution is -2.28. The third-order valence-electron chi connectivity index (χ3n) is 3.49. The number of ether oxygens (including phenoxy) is 1. The van der Waals surface area contributed by atoms with Crippen molar-refractivity contribution in [1.82, 2.24) is 0 Å². The van der Waals surface area contributed by atoms with Gasteiger partial charge >= 0.3 is 5.97 Å². The molecule has 1 aromatic carbocycles. The first-order valence-electron chi connectivity index (χ1n) is 6.00. The normalized spacial score (nSPS) is 18.8. The summed E-state index contributed by atoms with van der Waals surface area (Å²) in [5, 5.41) is 0. The summed E-state index contributed by atoms with van der Waals surface area (Å²) in [5.41, 5.74) is 3.77. The molecule has 1 unspecified atom stereocenters. The van der Waals surface area contributed by atoms with Gasteiger partial charge in [0.15, 0.2) is 0 Å². The average molecular weight is 233 g/mol. The number of benzene rings is 1. The first kappa shape index (κ1) is 12.0. The highest BCUT2D eigenvalue weighted by Crippen LogP contribution is 2.37. The summed E-state index contributed by atoms with van der Waals surface area (Å²) in [7, 11) is 3.55. The third-order valence-corrected chi connectivity index (χ3v) is 3.49. The van der Waals surface area contributed by atoms with E-state index in [9.17, 15) is 4.79 Å². The van der Waals surface area contributed by atoms with E-state index in [2.05, 4.69) is 37.1 Å². The van der Waals surface area contributed by atoms with Crippen molar-refractivity contribution in [3.8, 4) is 0 Å². The summed E-state index contributed by atoms with van der Waals surface area (Å²) >= 11 is 0. The first-order chi connectivity index (χ1) is 8.11. The molecule has 2 rings (SSSR count). The van der Waals surface area contributed by atoms with E-state index < -0.39 is 0 Å². The van der Waals surface area contributed by atoms with Gasteiger partial charge in [0.2, 0.25) is 0 Å². The molecule has 1 aliphatic heterocycles. The Balaban J connectivity index is 2.30. The number of carbonyl (C=O) groups excluding carboxylic acids is 1. The molecule has 0 saturated carbocycles. The number of aryl methyl sites for hydroxylation is 1. The summed E-state index contributed by atoms with van der Waals surface area (Å²) in [4.78, 5) is 13.7. The molecule has 1 aromatic rings. The van der Waals surface area contributed by atoms with Gasteiger partial charge in [0.05, 0.1) is 13.5 Å². The second kappa shape index (κ2) is 4.78. The van der Waals surface area contributed by atoms with Gasteiger partial charge in [-0.15, -0.1) is 0 Å². The Hall–Kier alpha value is -1.51. The van der Waals surface area contributed by atoms with Gasteiger partial charge in [-0.3, -0.25) is 4.79 Å². The van der Waals surface area contributed by atoms with Crippen molar-refractivity contribution in [3.63, 3.8) is 0 Å². The van der Waals surface area contributed by atoms with Gasteiger partial charge in [-0.2, -0.15) is 0 Å². The fraction of sp³-hybridized carbons (Fsp3) is 0.500. The molecule has 0 aromatic heterocycles. The fourth-order valence-electron chi connectivity index (χ4n) is 2.47. The van der Waals surface area contributed by atoms with Crippen LogP contribution in [0.1, 0.15) is 29.9 Å². The van der Waals surface area contributed by atoms with Crippen molar-refractivity contribution in [3.05, 3.63) is 29.3 Å². The Morgan fingerprint density at radius 2 is 2.29 bits per heavy atom. The number of rotatable bonds is 2. The molecule has 1 aliphatic rings. The van der Waals surface area contributed by atoms with Crippen LogP contribution in [0.25, 0.3) is 0 Å². The highest BCUT2D eigenvalue weighted by atomic mass is 16.5. The lowest BCUT2D eigenvalue weighted by atomic mass is 9.87. The van der Waals surface area contributed by atoms with Crippen LogP contribution in [0.4, 0.5) is 5.69 Å². The Morgan fingerprint density at radius 3 is 3.00 bits per heavy atom. The van der Waals surface area contributed by atoms with Crippen LogP contribution in [-0.2, 0) is 9.53 Å². The van der Waals surface area contributed by atoms with Crippen molar-refractivity contribution in [1.29, 1.82) is 0 Å². The van der Waals surface area contributed by atoms with Crippen molar-refractivity contribution >= 4 is 11.7 Å². The van der Waals surface area contributed by atoms with Gasteiger partial charge in [-0.1, -0.05) is 17.7 Å². The molecule has 1 heterocycles. The highest BCUT2D eigenvalue weighted by Gasteiger charge is 2.25. The maximum atomic E-state index is 11.4. The van der Waals surface area contributed by atoms with Crippen LogP contribution in [0.5, 0.6) is 0 Å². The molecule has 3 nitrogen and oxygen atoms in total. The molecule has 0 fully saturated rings. The molecule has 0 bridgehead atoms. The maximum Gasteiger partial charge on any atom is 0.306 e. The number of esters is 1. The van der Waals surface area contributed by atoms with Gasteiger partial charge < -0.3 is 9.64 Å². The first-order valence-corrected chi connectivity index (χ1v) is 6.00. The molecular weight excluding hydrogens is 214 g/mol. The molecule has 0 radical (unpaired) electrons. The van der Waals surface area contributed by atoms with Crippen LogP contribution >= 0.6 is 0 Å². The summed E-state index contributed by atoms with van der Waals surface area (Å²) in [6.45, 7) is 3.09. The Labute approximate surface area is 102 Å². The number of nitrogens with zero attached hydrogens (tertiary/aromatic N) is 1. The van der Waals surface area contributed by atoms with E-state index in [0.717, 1.165) is 13.0 Å². The van der Waals surface area contributed by atoms with Gasteiger partial charge in [0.25, 0.3) is 0 Å². The van der Waals surface area contributed by atoms with E-state index in [4.69, 9.17) is 4.74 Å². The zero-order valence-electron chi connectivity index (χ0n) is 10.7. The molecule has 0 aliphatic carbocycles. The monoisotopic (exact) mass is 233 g/mol. The van der Waals surface area contributed by atoms with Crippen LogP contribution in [0.15, 0.2) is 18.2 Å². The Kier molecular flexibility index (Phi) is 3.36. The standard InChI is InChI=1S/C14H19NO2/c1-10-4-5-13-12(8-10)11(6-7-15(13)2)9-14(16)17-3/h4-5,8,11H,6-7,9H2,1-3H3. The zero-order chi connectivity index (χ0) is 12.4. The van der Waals surface area contributed by atoms with E-state index in [1.54, 1.807) is 0 Å². The second-order valence-electron chi connectivity index (χ2n) is 4.75. The fourth-order valence-corrected chi connectivity index (χ4v) is 2.47. The van der Waals surface area contributed by atoms with Crippen molar-refractivity contribution in [2.24, 2.45) is 0 Å². The van der Waals surface area contributed by atoms with Crippen molar-refractivity contribution in [2.75, 3.05) is 25.6 Å². The third kappa shape index (κ3) is 2.43. The topological polar surface area (TPSA) is 29.5 Å². The van der Waals surface area contributed by atoms with E-state index in [1.165, 1.54) is 23.9 Å². The lowest BCUT2D eigenvalue weighted by Gasteiger charge is -2.33. The lowest BCUT2D eigenvalue weighted by molar-refractivity contribution is -0.141. The molecule has 0 N–H and O–H groups in total. The minimum Gasteiger partial charge on any atom is -0.469 e. The highest BCUT2D eigenvalue weighted by molar-refractivity contribution is 5.71. The van der Waals surface area contributed by atoms with Gasteiger partial charge in [-0.25, -0.2) is 0 Å². The second-order valence-corrected chi connectivity index (χ2v) is 4.75. The number of hydrogen-bond donors (Lipinski definition) is 0. The number of carbonyl (C=O) groups is 1. The van der Waals surface area contributed by atoms with E-state index >= 15 is 0 Å². The molecule has 0 spiro atoms. The Bertz CT molecular complexity index is 428. The summed E-state index contributed by atoms with van der Waals surface area (Å²) in [6, 6.07) is 6.46. The minimum absolute atomic E-state index is 0.119. The van der Waals surface area contributed by atoms with Crippen LogP contribution in [0, 0.1) is 6.92 Å². The van der Waals surface area contributed by atoms with Crippen LogP contribution in [0.2, 0.25) is 0 Å². The molecular formula is C14H19NO2. The molecule has 17 heavy (non-hydrogen) atoms. The van der Waals surface area contributed by atoms with E-state index in [-0.39, 0.29) is 5.97 Å². The predicted octanol–water partition coefficient (Wildman–Crippen LogP) is 2.48. The van der Waals surface area contributed by atoms with Crippen LogP contribution < -0.4 is 4.90 Å².